The molecule has 0 heterocycles. The average molecular weight is 215 g/mol. The summed E-state index contributed by atoms with van der Waals surface area (Å²) < 4.78 is 0. The number of benzene rings is 1. The number of allylic oxidation sites excluding steroid dienone is 1. The minimum Gasteiger partial charge on any atom is -0.356 e. The summed E-state index contributed by atoms with van der Waals surface area (Å²) in [6.45, 7) is 2.53. The summed E-state index contributed by atoms with van der Waals surface area (Å²) in [7, 11) is 0. The maximum atomic E-state index is 11.4. The van der Waals surface area contributed by atoms with Gasteiger partial charge in [-0.1, -0.05) is 24.3 Å². The second-order valence-electron chi connectivity index (χ2n) is 3.75. The summed E-state index contributed by atoms with van der Waals surface area (Å²) in [5, 5.41) is 2.75. The molecule has 0 fully saturated rings. The van der Waals surface area contributed by atoms with E-state index in [4.69, 9.17) is 0 Å². The van der Waals surface area contributed by atoms with Crippen molar-refractivity contribution >= 4 is 17.8 Å². The van der Waals surface area contributed by atoms with Gasteiger partial charge < -0.3 is 5.32 Å². The second-order valence-corrected chi connectivity index (χ2v) is 3.75. The van der Waals surface area contributed by atoms with E-state index >= 15 is 0 Å². The third-order valence-electron chi connectivity index (χ3n) is 2.53. The zero-order valence-electron chi connectivity index (χ0n) is 9.12. The van der Waals surface area contributed by atoms with Crippen LogP contribution in [0.1, 0.15) is 28.4 Å². The summed E-state index contributed by atoms with van der Waals surface area (Å²) in [4.78, 5) is 22.7. The van der Waals surface area contributed by atoms with Crippen molar-refractivity contribution in [2.24, 2.45) is 0 Å². The molecule has 0 radical (unpaired) electrons. The van der Waals surface area contributed by atoms with Crippen molar-refractivity contribution in [3.63, 3.8) is 0 Å². The third-order valence-corrected chi connectivity index (χ3v) is 2.53. The molecule has 3 heteroatoms. The van der Waals surface area contributed by atoms with Gasteiger partial charge in [0.2, 0.25) is 5.91 Å². The molecule has 1 N–H and O–H groups in total. The summed E-state index contributed by atoms with van der Waals surface area (Å²) in [6, 6.07) is 5.51. The van der Waals surface area contributed by atoms with E-state index in [1.54, 1.807) is 18.2 Å². The minimum atomic E-state index is 0.00996. The first-order chi connectivity index (χ1) is 7.70. The second kappa shape index (κ2) is 4.31. The Morgan fingerprint density at radius 1 is 1.31 bits per heavy atom. The molecule has 0 aromatic heterocycles. The Morgan fingerprint density at radius 2 is 2.12 bits per heavy atom. The molecule has 0 aliphatic heterocycles. The number of ketones is 1. The number of hydrogen-bond acceptors (Lipinski definition) is 2. The molecule has 0 spiro atoms. The van der Waals surface area contributed by atoms with Crippen LogP contribution in [0.3, 0.4) is 0 Å². The van der Waals surface area contributed by atoms with Gasteiger partial charge in [-0.15, -0.1) is 0 Å². The largest absolute Gasteiger partial charge is 0.356 e. The third kappa shape index (κ3) is 2.03. The Kier molecular flexibility index (Phi) is 2.86. The number of fused-ring (bicyclic) bond motifs is 1. The van der Waals surface area contributed by atoms with Gasteiger partial charge in [0.25, 0.3) is 0 Å². The van der Waals surface area contributed by atoms with Crippen molar-refractivity contribution in [1.29, 1.82) is 0 Å². The molecular formula is C13H13NO2. The molecule has 1 amide bonds. The van der Waals surface area contributed by atoms with Gasteiger partial charge in [-0.05, 0) is 24.1 Å². The molecule has 2 rings (SSSR count). The zero-order valence-corrected chi connectivity index (χ0v) is 9.12. The molecule has 16 heavy (non-hydrogen) atoms. The van der Waals surface area contributed by atoms with Gasteiger partial charge >= 0.3 is 0 Å². The number of carbonyl (C=O) groups excluding carboxylic acids is 2. The predicted octanol–water partition coefficient (Wildman–Crippen LogP) is 1.57. The number of amides is 1. The quantitative estimate of drug-likeness (QED) is 0.832. The first kappa shape index (κ1) is 10.6. The lowest BCUT2D eigenvalue weighted by Gasteiger charge is -2.04. The lowest BCUT2D eigenvalue weighted by Crippen LogP contribution is -2.24. The summed E-state index contributed by atoms with van der Waals surface area (Å²) >= 11 is 0. The van der Waals surface area contributed by atoms with E-state index in [-0.39, 0.29) is 11.7 Å². The van der Waals surface area contributed by atoms with Crippen LogP contribution in [0.25, 0.3) is 6.08 Å². The molecule has 1 aromatic rings. The smallest absolute Gasteiger partial charge is 0.224 e. The zero-order chi connectivity index (χ0) is 11.5. The van der Waals surface area contributed by atoms with Crippen LogP contribution in [0, 0.1) is 0 Å². The highest BCUT2D eigenvalue weighted by Crippen LogP contribution is 2.20. The van der Waals surface area contributed by atoms with Gasteiger partial charge in [0.05, 0.1) is 6.42 Å². The molecule has 82 valence electrons. The van der Waals surface area contributed by atoms with Gasteiger partial charge in [-0.3, -0.25) is 9.59 Å². The first-order valence-electron chi connectivity index (χ1n) is 5.32. The Morgan fingerprint density at radius 3 is 2.88 bits per heavy atom. The van der Waals surface area contributed by atoms with Crippen LogP contribution >= 0.6 is 0 Å². The lowest BCUT2D eigenvalue weighted by atomic mass is 10.0. The normalized spacial score (nSPS) is 12.7. The number of carbonyl (C=O) groups is 2. The molecule has 0 saturated carbocycles. The van der Waals surface area contributed by atoms with E-state index in [1.807, 2.05) is 19.1 Å². The predicted molar refractivity (Wildman–Crippen MR) is 62.2 cm³/mol. The van der Waals surface area contributed by atoms with Crippen molar-refractivity contribution in [1.82, 2.24) is 5.32 Å². The maximum absolute atomic E-state index is 11.4. The molecule has 0 saturated heterocycles. The van der Waals surface area contributed by atoms with Gasteiger partial charge in [0.1, 0.15) is 0 Å². The van der Waals surface area contributed by atoms with Crippen LogP contribution < -0.4 is 5.32 Å². The molecule has 3 nitrogen and oxygen atoms in total. The Labute approximate surface area is 94.2 Å². The molecular weight excluding hydrogens is 202 g/mol. The molecule has 0 unspecified atom stereocenters. The molecule has 1 aliphatic carbocycles. The van der Waals surface area contributed by atoms with Crippen molar-refractivity contribution in [3.05, 3.63) is 41.0 Å². The molecule has 0 bridgehead atoms. The minimum absolute atomic E-state index is 0.00996. The fourth-order valence-electron chi connectivity index (χ4n) is 1.78. The number of nitrogens with one attached hydrogen (secondary N) is 1. The number of hydrogen-bond donors (Lipinski definition) is 1. The standard InChI is InChI=1S/C13H13NO2/c1-2-14-13(16)8-9-3-5-11-10(7-9)4-6-12(11)15/h3-7H,2,8H2,1H3,(H,14,16). The SMILES string of the molecule is CCNC(=O)Cc1ccc2c(c1)C=CC2=O. The number of likely N-dealkylation sites (N-methyl/N-ethyl adjacent to an activating group) is 1. The monoisotopic (exact) mass is 215 g/mol. The molecule has 1 aromatic carbocycles. The fraction of sp³-hybridized carbons (Fsp3) is 0.231. The highest BCUT2D eigenvalue weighted by atomic mass is 16.1. The summed E-state index contributed by atoms with van der Waals surface area (Å²) in [5.41, 5.74) is 2.57. The number of rotatable bonds is 3. The van der Waals surface area contributed by atoms with Crippen LogP contribution in [-0.4, -0.2) is 18.2 Å². The molecule has 1 aliphatic rings. The fourth-order valence-corrected chi connectivity index (χ4v) is 1.78. The van der Waals surface area contributed by atoms with E-state index in [2.05, 4.69) is 5.32 Å². The van der Waals surface area contributed by atoms with Crippen LogP contribution in [0.5, 0.6) is 0 Å². The van der Waals surface area contributed by atoms with Crippen LogP contribution in [-0.2, 0) is 11.2 Å². The van der Waals surface area contributed by atoms with E-state index in [0.29, 0.717) is 13.0 Å². The highest BCUT2D eigenvalue weighted by Gasteiger charge is 2.14. The van der Waals surface area contributed by atoms with Gasteiger partial charge in [0, 0.05) is 12.1 Å². The first-order valence-corrected chi connectivity index (χ1v) is 5.32. The van der Waals surface area contributed by atoms with Gasteiger partial charge in [-0.2, -0.15) is 0 Å². The van der Waals surface area contributed by atoms with Crippen LogP contribution in [0.2, 0.25) is 0 Å². The highest BCUT2D eigenvalue weighted by molar-refractivity contribution is 6.13. The summed E-state index contributed by atoms with van der Waals surface area (Å²) in [6.07, 6.45) is 3.71. The van der Waals surface area contributed by atoms with Crippen molar-refractivity contribution in [2.45, 2.75) is 13.3 Å². The van der Waals surface area contributed by atoms with E-state index in [0.717, 1.165) is 16.7 Å². The molecule has 0 atom stereocenters. The lowest BCUT2D eigenvalue weighted by molar-refractivity contribution is -0.120. The van der Waals surface area contributed by atoms with Gasteiger partial charge in [0.15, 0.2) is 5.78 Å². The van der Waals surface area contributed by atoms with Gasteiger partial charge in [-0.25, -0.2) is 0 Å². The maximum Gasteiger partial charge on any atom is 0.224 e. The van der Waals surface area contributed by atoms with Crippen molar-refractivity contribution < 1.29 is 9.59 Å². The Bertz CT molecular complexity index is 475. The average Bonchev–Trinajstić information content (AvgIpc) is 2.60. The van der Waals surface area contributed by atoms with Crippen LogP contribution in [0.4, 0.5) is 0 Å². The summed E-state index contributed by atoms with van der Waals surface area (Å²) in [5.74, 6) is 0.0512. The van der Waals surface area contributed by atoms with E-state index in [9.17, 15) is 9.59 Å². The topological polar surface area (TPSA) is 46.2 Å². The van der Waals surface area contributed by atoms with Crippen molar-refractivity contribution in [3.8, 4) is 0 Å². The van der Waals surface area contributed by atoms with E-state index < -0.39 is 0 Å². The van der Waals surface area contributed by atoms with E-state index in [1.165, 1.54) is 0 Å². The Hall–Kier alpha value is -1.90. The Balaban J connectivity index is 2.16. The van der Waals surface area contributed by atoms with Crippen LogP contribution in [0.15, 0.2) is 24.3 Å². The van der Waals surface area contributed by atoms with Crippen molar-refractivity contribution in [2.75, 3.05) is 6.54 Å².